The van der Waals surface area contributed by atoms with Crippen molar-refractivity contribution >= 4 is 18.0 Å². The maximum absolute atomic E-state index is 11.9. The van der Waals surface area contributed by atoms with Crippen LogP contribution in [-0.4, -0.2) is 66.7 Å². The van der Waals surface area contributed by atoms with Gasteiger partial charge in [-0.1, -0.05) is 0 Å². The quantitative estimate of drug-likeness (QED) is 0.720. The summed E-state index contributed by atoms with van der Waals surface area (Å²) < 4.78 is 4.65. The number of nitrogens with zero attached hydrogens (tertiary/aromatic N) is 2. The topological polar surface area (TPSA) is 87.2 Å². The Labute approximate surface area is 105 Å². The summed E-state index contributed by atoms with van der Waals surface area (Å²) >= 11 is 0. The first-order chi connectivity index (χ1) is 8.45. The van der Waals surface area contributed by atoms with E-state index in [1.807, 2.05) is 0 Å². The normalized spacial score (nSPS) is 16.2. The molecule has 1 rings (SSSR count). The molecule has 0 bridgehead atoms. The largest absolute Gasteiger partial charge is 0.480 e. The van der Waals surface area contributed by atoms with E-state index in [-0.39, 0.29) is 24.5 Å². The number of carbonyl (C=O) groups is 3. The minimum absolute atomic E-state index is 0.163. The van der Waals surface area contributed by atoms with Gasteiger partial charge in [0.15, 0.2) is 0 Å². The first kappa shape index (κ1) is 14.3. The monoisotopic (exact) mass is 258 g/mol. The number of hydrogen-bond acceptors (Lipinski definition) is 4. The van der Waals surface area contributed by atoms with Crippen molar-refractivity contribution in [2.75, 3.05) is 33.8 Å². The van der Waals surface area contributed by atoms with Gasteiger partial charge in [-0.25, -0.2) is 4.79 Å². The molecular formula is C11H18N2O5. The number of carbonyl (C=O) groups excluding carboxylic acids is 2. The number of carboxylic acid groups (broad SMARTS) is 1. The van der Waals surface area contributed by atoms with Crippen LogP contribution in [0.15, 0.2) is 0 Å². The fourth-order valence-corrected chi connectivity index (χ4v) is 1.99. The molecule has 0 spiro atoms. The van der Waals surface area contributed by atoms with Crippen molar-refractivity contribution in [3.8, 4) is 0 Å². The van der Waals surface area contributed by atoms with E-state index in [1.165, 1.54) is 14.2 Å². The number of amides is 2. The molecule has 0 radical (unpaired) electrons. The van der Waals surface area contributed by atoms with E-state index < -0.39 is 5.97 Å². The molecule has 1 aliphatic rings. The van der Waals surface area contributed by atoms with Crippen LogP contribution in [0.3, 0.4) is 0 Å². The van der Waals surface area contributed by atoms with Crippen molar-refractivity contribution in [3.05, 3.63) is 0 Å². The maximum atomic E-state index is 11.9. The molecule has 1 fully saturated rings. The molecular weight excluding hydrogens is 240 g/mol. The smallest absolute Gasteiger partial charge is 0.323 e. The van der Waals surface area contributed by atoms with Crippen LogP contribution in [-0.2, 0) is 14.3 Å². The summed E-state index contributed by atoms with van der Waals surface area (Å²) in [7, 11) is 2.79. The SMILES string of the molecule is COC(=O)C1CCN(C(=O)N(C)CC(=O)O)CC1. The fraction of sp³-hybridized carbons (Fsp3) is 0.727. The zero-order valence-corrected chi connectivity index (χ0v) is 10.6. The molecule has 1 N–H and O–H groups in total. The highest BCUT2D eigenvalue weighted by Gasteiger charge is 2.29. The molecule has 0 unspecified atom stereocenters. The van der Waals surface area contributed by atoms with Crippen LogP contribution in [0.2, 0.25) is 0 Å². The zero-order valence-electron chi connectivity index (χ0n) is 10.6. The summed E-state index contributed by atoms with van der Waals surface area (Å²) in [5.74, 6) is -1.46. The van der Waals surface area contributed by atoms with Crippen molar-refractivity contribution in [2.24, 2.45) is 5.92 Å². The first-order valence-electron chi connectivity index (χ1n) is 5.75. The van der Waals surface area contributed by atoms with E-state index in [4.69, 9.17) is 5.11 Å². The summed E-state index contributed by atoms with van der Waals surface area (Å²) in [6.45, 7) is 0.570. The highest BCUT2D eigenvalue weighted by Crippen LogP contribution is 2.19. The van der Waals surface area contributed by atoms with Crippen LogP contribution in [0, 0.1) is 5.92 Å². The number of piperidine rings is 1. The Morgan fingerprint density at radius 1 is 1.33 bits per heavy atom. The molecule has 0 saturated carbocycles. The van der Waals surface area contributed by atoms with Gasteiger partial charge in [0.1, 0.15) is 6.54 Å². The number of ether oxygens (including phenoxy) is 1. The Morgan fingerprint density at radius 2 is 1.89 bits per heavy atom. The van der Waals surface area contributed by atoms with E-state index in [1.54, 1.807) is 4.90 Å². The van der Waals surface area contributed by atoms with Crippen LogP contribution in [0.5, 0.6) is 0 Å². The second kappa shape index (κ2) is 6.23. The molecule has 18 heavy (non-hydrogen) atoms. The van der Waals surface area contributed by atoms with E-state index in [0.29, 0.717) is 25.9 Å². The van der Waals surface area contributed by atoms with Crippen LogP contribution < -0.4 is 0 Å². The third kappa shape index (κ3) is 3.61. The van der Waals surface area contributed by atoms with Crippen molar-refractivity contribution in [3.63, 3.8) is 0 Å². The molecule has 0 aromatic carbocycles. The van der Waals surface area contributed by atoms with Gasteiger partial charge in [0.05, 0.1) is 13.0 Å². The third-order valence-corrected chi connectivity index (χ3v) is 3.00. The Morgan fingerprint density at radius 3 is 2.33 bits per heavy atom. The summed E-state index contributed by atoms with van der Waals surface area (Å²) in [4.78, 5) is 36.4. The Balaban J connectivity index is 2.45. The molecule has 2 amide bonds. The molecule has 0 aromatic heterocycles. The maximum Gasteiger partial charge on any atom is 0.323 e. The summed E-state index contributed by atoms with van der Waals surface area (Å²) in [6.07, 6.45) is 1.11. The second-order valence-corrected chi connectivity index (χ2v) is 4.32. The van der Waals surface area contributed by atoms with Gasteiger partial charge in [-0.2, -0.15) is 0 Å². The van der Waals surface area contributed by atoms with Crippen molar-refractivity contribution in [1.29, 1.82) is 0 Å². The van der Waals surface area contributed by atoms with Crippen LogP contribution in [0.25, 0.3) is 0 Å². The zero-order chi connectivity index (χ0) is 13.7. The van der Waals surface area contributed by atoms with E-state index >= 15 is 0 Å². The highest BCUT2D eigenvalue weighted by molar-refractivity contribution is 5.80. The number of likely N-dealkylation sites (tertiary alicyclic amines) is 1. The van der Waals surface area contributed by atoms with Crippen LogP contribution >= 0.6 is 0 Å². The highest BCUT2D eigenvalue weighted by atomic mass is 16.5. The Kier molecular flexibility index (Phi) is 4.94. The van der Waals surface area contributed by atoms with Crippen molar-refractivity contribution in [2.45, 2.75) is 12.8 Å². The molecule has 7 nitrogen and oxygen atoms in total. The molecule has 1 heterocycles. The fourth-order valence-electron chi connectivity index (χ4n) is 1.99. The van der Waals surface area contributed by atoms with Crippen molar-refractivity contribution in [1.82, 2.24) is 9.80 Å². The average Bonchev–Trinajstić information content (AvgIpc) is 2.36. The first-order valence-corrected chi connectivity index (χ1v) is 5.75. The molecule has 1 saturated heterocycles. The van der Waals surface area contributed by atoms with Gasteiger partial charge in [0.2, 0.25) is 0 Å². The Hall–Kier alpha value is -1.79. The number of aliphatic carboxylic acids is 1. The molecule has 0 aromatic rings. The molecule has 102 valence electrons. The summed E-state index contributed by atoms with van der Waals surface area (Å²) in [6, 6.07) is -0.319. The number of carboxylic acids is 1. The average molecular weight is 258 g/mol. The predicted octanol–water partition coefficient (Wildman–Crippen LogP) is 0.00780. The lowest BCUT2D eigenvalue weighted by Gasteiger charge is -2.33. The van der Waals surface area contributed by atoms with E-state index in [9.17, 15) is 14.4 Å². The molecule has 0 atom stereocenters. The lowest BCUT2D eigenvalue weighted by molar-refractivity contribution is -0.146. The lowest BCUT2D eigenvalue weighted by atomic mass is 9.97. The number of esters is 1. The molecule has 0 aliphatic carbocycles. The van der Waals surface area contributed by atoms with Gasteiger partial charge < -0.3 is 19.6 Å². The number of hydrogen-bond donors (Lipinski definition) is 1. The van der Waals surface area contributed by atoms with Crippen molar-refractivity contribution < 1.29 is 24.2 Å². The van der Waals surface area contributed by atoms with Crippen LogP contribution in [0.1, 0.15) is 12.8 Å². The van der Waals surface area contributed by atoms with E-state index in [0.717, 1.165) is 4.90 Å². The summed E-state index contributed by atoms with van der Waals surface area (Å²) in [5, 5.41) is 8.60. The van der Waals surface area contributed by atoms with Gasteiger partial charge in [0.25, 0.3) is 0 Å². The van der Waals surface area contributed by atoms with Gasteiger partial charge >= 0.3 is 18.0 Å². The van der Waals surface area contributed by atoms with Gasteiger partial charge in [-0.15, -0.1) is 0 Å². The Bertz CT molecular complexity index is 336. The number of rotatable bonds is 3. The minimum atomic E-state index is -1.05. The second-order valence-electron chi connectivity index (χ2n) is 4.32. The molecule has 1 aliphatic heterocycles. The number of likely N-dealkylation sites (N-methyl/N-ethyl adjacent to an activating group) is 1. The van der Waals surface area contributed by atoms with Gasteiger partial charge in [0, 0.05) is 20.1 Å². The van der Waals surface area contributed by atoms with Gasteiger partial charge in [-0.3, -0.25) is 9.59 Å². The third-order valence-electron chi connectivity index (χ3n) is 3.00. The minimum Gasteiger partial charge on any atom is -0.480 e. The van der Waals surface area contributed by atoms with Crippen LogP contribution in [0.4, 0.5) is 4.79 Å². The molecule has 7 heteroatoms. The predicted molar refractivity (Wildman–Crippen MR) is 62.0 cm³/mol. The standard InChI is InChI=1S/C11H18N2O5/c1-12(7-9(14)15)11(17)13-5-3-8(4-6-13)10(16)18-2/h8H,3-7H2,1-2H3,(H,14,15). The van der Waals surface area contributed by atoms with E-state index in [2.05, 4.69) is 4.74 Å². The van der Waals surface area contributed by atoms with Gasteiger partial charge in [-0.05, 0) is 12.8 Å². The summed E-state index contributed by atoms with van der Waals surface area (Å²) in [5.41, 5.74) is 0. The number of urea groups is 1. The lowest BCUT2D eigenvalue weighted by Crippen LogP contribution is -2.47. The number of methoxy groups -OCH3 is 1.